The van der Waals surface area contributed by atoms with Gasteiger partial charge in [-0.25, -0.2) is 5.43 Å². The average Bonchev–Trinajstić information content (AvgIpc) is 2.56. The molecule has 1 aliphatic heterocycles. The van der Waals surface area contributed by atoms with Crippen molar-refractivity contribution in [2.75, 3.05) is 0 Å². The van der Waals surface area contributed by atoms with E-state index in [9.17, 15) is 4.79 Å². The lowest BCUT2D eigenvalue weighted by atomic mass is 10.1. The molecular weight excluding hydrogens is 118 g/mol. The minimum Gasteiger partial charge on any atom is -0.385 e. The summed E-state index contributed by atoms with van der Waals surface area (Å²) >= 11 is 0. The van der Waals surface area contributed by atoms with Gasteiger partial charge in [0, 0.05) is 0 Å². The van der Waals surface area contributed by atoms with Crippen LogP contribution in [-0.4, -0.2) is 11.7 Å². The van der Waals surface area contributed by atoms with Crippen molar-refractivity contribution in [2.24, 2.45) is 16.3 Å². The maximum atomic E-state index is 10.9. The van der Waals surface area contributed by atoms with E-state index in [1.54, 1.807) is 0 Å². The number of amides is 1. The molecule has 0 unspecified atom stereocenters. The summed E-state index contributed by atoms with van der Waals surface area (Å²) in [5, 5.41) is 3.63. The van der Waals surface area contributed by atoms with Gasteiger partial charge in [-0.15, -0.1) is 0 Å². The highest BCUT2D eigenvalue weighted by molar-refractivity contribution is 6.13. The number of hydrogen-bond acceptors (Lipinski definition) is 3. The molecule has 0 saturated heterocycles. The van der Waals surface area contributed by atoms with Crippen LogP contribution in [0.3, 0.4) is 0 Å². The number of nitrogens with one attached hydrogen (secondary N) is 1. The normalized spacial score (nSPS) is 28.0. The Bertz CT molecular complexity index is 204. The van der Waals surface area contributed by atoms with Crippen LogP contribution >= 0.6 is 0 Å². The van der Waals surface area contributed by atoms with E-state index < -0.39 is 0 Å². The van der Waals surface area contributed by atoms with Gasteiger partial charge in [-0.3, -0.25) is 4.79 Å². The second-order valence-electron chi connectivity index (χ2n) is 2.52. The minimum absolute atomic E-state index is 0.0278. The molecule has 1 heterocycles. The summed E-state index contributed by atoms with van der Waals surface area (Å²) in [4.78, 5) is 10.9. The molecule has 3 N–H and O–H groups in total. The summed E-state index contributed by atoms with van der Waals surface area (Å²) in [5.41, 5.74) is 7.42. The number of nitrogens with two attached hydrogens (primary N) is 1. The van der Waals surface area contributed by atoms with Crippen LogP contribution < -0.4 is 11.2 Å². The van der Waals surface area contributed by atoms with Crippen LogP contribution in [0.2, 0.25) is 0 Å². The first kappa shape index (κ1) is 4.78. The first-order valence-electron chi connectivity index (χ1n) is 2.90. The van der Waals surface area contributed by atoms with E-state index in [1.165, 1.54) is 0 Å². The third-order valence-corrected chi connectivity index (χ3v) is 1.95. The Morgan fingerprint density at radius 3 is 2.56 bits per heavy atom. The van der Waals surface area contributed by atoms with Gasteiger partial charge in [0.2, 0.25) is 0 Å². The predicted molar refractivity (Wildman–Crippen MR) is 31.4 cm³/mol. The van der Waals surface area contributed by atoms with E-state index in [1.807, 2.05) is 0 Å². The average molecular weight is 125 g/mol. The lowest BCUT2D eigenvalue weighted by Crippen LogP contribution is -2.28. The molecule has 1 saturated carbocycles. The van der Waals surface area contributed by atoms with Crippen LogP contribution in [0, 0.1) is 5.41 Å². The van der Waals surface area contributed by atoms with Gasteiger partial charge in [-0.05, 0) is 12.8 Å². The summed E-state index contributed by atoms with van der Waals surface area (Å²) in [6.07, 6.45) is 1.74. The Kier molecular flexibility index (Phi) is 0.583. The number of carbonyl (C=O) groups is 1. The first-order valence-corrected chi connectivity index (χ1v) is 2.90. The molecule has 0 radical (unpaired) electrons. The van der Waals surface area contributed by atoms with E-state index in [2.05, 4.69) is 10.5 Å². The van der Waals surface area contributed by atoms with Crippen LogP contribution in [0.5, 0.6) is 0 Å². The Hall–Kier alpha value is -1.06. The second kappa shape index (κ2) is 1.10. The van der Waals surface area contributed by atoms with Gasteiger partial charge in [0.15, 0.2) is 0 Å². The lowest BCUT2D eigenvalue weighted by Gasteiger charge is -1.98. The van der Waals surface area contributed by atoms with Gasteiger partial charge < -0.3 is 5.73 Å². The van der Waals surface area contributed by atoms with Gasteiger partial charge >= 0.3 is 0 Å². The van der Waals surface area contributed by atoms with Crippen molar-refractivity contribution in [1.82, 2.24) is 5.43 Å². The SMILES string of the molecule is NC1=NNC(=O)C12CC2. The number of rotatable bonds is 0. The smallest absolute Gasteiger partial charge is 0.254 e. The number of amidine groups is 1. The molecule has 1 amide bonds. The fourth-order valence-corrected chi connectivity index (χ4v) is 1.05. The van der Waals surface area contributed by atoms with Crippen molar-refractivity contribution in [3.63, 3.8) is 0 Å². The fraction of sp³-hybridized carbons (Fsp3) is 0.600. The van der Waals surface area contributed by atoms with Crippen LogP contribution in [0.1, 0.15) is 12.8 Å². The monoisotopic (exact) mass is 125 g/mol. The molecule has 0 bridgehead atoms. The van der Waals surface area contributed by atoms with Crippen LogP contribution in [0.4, 0.5) is 0 Å². The van der Waals surface area contributed by atoms with Crippen LogP contribution in [0.15, 0.2) is 5.10 Å². The molecule has 0 aromatic carbocycles. The molecule has 0 atom stereocenters. The molecule has 48 valence electrons. The number of carbonyl (C=O) groups excluding carboxylic acids is 1. The zero-order chi connectivity index (χ0) is 6.48. The van der Waals surface area contributed by atoms with Crippen molar-refractivity contribution in [3.05, 3.63) is 0 Å². The van der Waals surface area contributed by atoms with E-state index in [4.69, 9.17) is 5.73 Å². The standard InChI is InChI=1S/C5H7N3O/c6-3-5(1-2-5)4(9)8-7-3/h1-2H2,(H2,6,7)(H,8,9). The quantitative estimate of drug-likeness (QED) is 0.443. The molecular formula is C5H7N3O. The highest BCUT2D eigenvalue weighted by atomic mass is 16.2. The van der Waals surface area contributed by atoms with Crippen molar-refractivity contribution >= 4 is 11.7 Å². The lowest BCUT2D eigenvalue weighted by molar-refractivity contribution is -0.123. The molecule has 4 nitrogen and oxygen atoms in total. The Labute approximate surface area is 52.1 Å². The van der Waals surface area contributed by atoms with Gasteiger partial charge in [0.1, 0.15) is 11.3 Å². The molecule has 0 aromatic rings. The zero-order valence-corrected chi connectivity index (χ0v) is 4.85. The number of nitrogens with zero attached hydrogens (tertiary/aromatic N) is 1. The fourth-order valence-electron chi connectivity index (χ4n) is 1.05. The predicted octanol–water partition coefficient (Wildman–Crippen LogP) is -0.831. The minimum atomic E-state index is -0.361. The van der Waals surface area contributed by atoms with Gasteiger partial charge in [-0.2, -0.15) is 5.10 Å². The van der Waals surface area contributed by atoms with E-state index in [0.29, 0.717) is 5.84 Å². The highest BCUT2D eigenvalue weighted by Gasteiger charge is 2.56. The molecule has 1 fully saturated rings. The maximum Gasteiger partial charge on any atom is 0.254 e. The third-order valence-electron chi connectivity index (χ3n) is 1.95. The second-order valence-corrected chi connectivity index (χ2v) is 2.52. The number of hydrazone groups is 1. The molecule has 9 heavy (non-hydrogen) atoms. The summed E-state index contributed by atoms with van der Waals surface area (Å²) in [6.45, 7) is 0. The van der Waals surface area contributed by atoms with E-state index in [0.717, 1.165) is 12.8 Å². The molecule has 4 heteroatoms. The topological polar surface area (TPSA) is 67.5 Å². The van der Waals surface area contributed by atoms with Crippen molar-refractivity contribution in [1.29, 1.82) is 0 Å². The number of hydrogen-bond donors (Lipinski definition) is 2. The van der Waals surface area contributed by atoms with Gasteiger partial charge in [0.25, 0.3) is 5.91 Å². The van der Waals surface area contributed by atoms with Crippen LogP contribution in [-0.2, 0) is 4.79 Å². The molecule has 1 aliphatic carbocycles. The Balaban J connectivity index is 2.38. The summed E-state index contributed by atoms with van der Waals surface area (Å²) < 4.78 is 0. The van der Waals surface area contributed by atoms with Crippen molar-refractivity contribution < 1.29 is 4.79 Å². The molecule has 1 spiro atoms. The summed E-state index contributed by atoms with van der Waals surface area (Å²) in [6, 6.07) is 0. The zero-order valence-electron chi connectivity index (χ0n) is 4.85. The third kappa shape index (κ3) is 0.386. The molecule has 2 aliphatic rings. The maximum absolute atomic E-state index is 10.9. The Morgan fingerprint density at radius 2 is 2.33 bits per heavy atom. The van der Waals surface area contributed by atoms with Gasteiger partial charge in [-0.1, -0.05) is 0 Å². The van der Waals surface area contributed by atoms with Crippen molar-refractivity contribution in [3.8, 4) is 0 Å². The molecule has 0 aromatic heterocycles. The summed E-state index contributed by atoms with van der Waals surface area (Å²) in [7, 11) is 0. The molecule has 2 rings (SSSR count). The van der Waals surface area contributed by atoms with E-state index in [-0.39, 0.29) is 11.3 Å². The van der Waals surface area contributed by atoms with Crippen LogP contribution in [0.25, 0.3) is 0 Å². The Morgan fingerprint density at radius 1 is 1.67 bits per heavy atom. The summed E-state index contributed by atoms with van der Waals surface area (Å²) in [5.74, 6) is 0.438. The highest BCUT2D eigenvalue weighted by Crippen LogP contribution is 2.47. The largest absolute Gasteiger partial charge is 0.385 e. The van der Waals surface area contributed by atoms with Crippen molar-refractivity contribution in [2.45, 2.75) is 12.8 Å². The van der Waals surface area contributed by atoms with Gasteiger partial charge in [0.05, 0.1) is 0 Å². The van der Waals surface area contributed by atoms with E-state index >= 15 is 0 Å². The first-order chi connectivity index (χ1) is 4.26.